The van der Waals surface area contributed by atoms with Gasteiger partial charge in [0.05, 0.1) is 31.0 Å². The summed E-state index contributed by atoms with van der Waals surface area (Å²) < 4.78 is 10.5. The van der Waals surface area contributed by atoms with Crippen LogP contribution in [0.4, 0.5) is 0 Å². The molecular weight excluding hydrogens is 345 g/mol. The third-order valence-corrected chi connectivity index (χ3v) is 4.38. The summed E-state index contributed by atoms with van der Waals surface area (Å²) in [6.07, 6.45) is 0.667. The van der Waals surface area contributed by atoms with Gasteiger partial charge >= 0.3 is 29.6 Å². The molecule has 0 saturated heterocycles. The summed E-state index contributed by atoms with van der Waals surface area (Å²) in [5.74, 6) is 0.347. The second-order valence-corrected chi connectivity index (χ2v) is 6.99. The van der Waals surface area contributed by atoms with E-state index in [2.05, 4.69) is 4.98 Å². The van der Waals surface area contributed by atoms with Gasteiger partial charge in [-0.05, 0) is 22.9 Å². The average molecular weight is 365 g/mol. The molecule has 0 atom stereocenters. The third kappa shape index (κ3) is 3.68. The topological polar surface area (TPSA) is 91.7 Å². The molecule has 0 fully saturated rings. The number of aliphatic hydroxyl groups is 1. The van der Waals surface area contributed by atoms with Crippen LogP contribution in [0.5, 0.6) is 17.2 Å². The van der Waals surface area contributed by atoms with Crippen LogP contribution in [0.25, 0.3) is 16.5 Å². The molecular formula is C19H20NNaO5. The molecule has 2 aromatic rings. The Morgan fingerprint density at radius 2 is 1.73 bits per heavy atom. The van der Waals surface area contributed by atoms with Gasteiger partial charge in [-0.25, -0.2) is 4.98 Å². The maximum atomic E-state index is 12.5. The van der Waals surface area contributed by atoms with Crippen molar-refractivity contribution in [3.05, 3.63) is 29.7 Å². The normalized spacial score (nSPS) is 16.4. The molecule has 1 aliphatic carbocycles. The minimum absolute atomic E-state index is 0. The largest absolute Gasteiger partial charge is 1.00 e. The van der Waals surface area contributed by atoms with E-state index in [1.54, 1.807) is 12.1 Å². The van der Waals surface area contributed by atoms with E-state index in [0.29, 0.717) is 35.2 Å². The Labute approximate surface area is 174 Å². The smallest absolute Gasteiger partial charge is 0.872 e. The first kappa shape index (κ1) is 20.6. The van der Waals surface area contributed by atoms with Gasteiger partial charge in [-0.15, -0.1) is 0 Å². The van der Waals surface area contributed by atoms with Crippen LogP contribution in [-0.4, -0.2) is 30.1 Å². The zero-order valence-electron chi connectivity index (χ0n) is 15.7. The molecule has 0 bridgehead atoms. The summed E-state index contributed by atoms with van der Waals surface area (Å²) in [7, 11) is 2.98. The van der Waals surface area contributed by atoms with E-state index < -0.39 is 0 Å². The van der Waals surface area contributed by atoms with E-state index in [0.717, 1.165) is 0 Å². The molecule has 1 aromatic heterocycles. The number of Topliss-reactive ketones (excluding diaryl/α,β-unsaturated/α-hetero) is 1. The first-order valence-corrected chi connectivity index (χ1v) is 7.95. The fraction of sp³-hybridized carbons (Fsp3) is 0.368. The molecule has 6 nitrogen and oxygen atoms in total. The number of carbonyl (C=O) groups excluding carboxylic acids is 1. The SMILES string of the molecule is COc1cc2nc(C3=C(O)CC(C)(C)CC3=O)cc([O-])c2cc1OC.[Na+]. The van der Waals surface area contributed by atoms with Crippen LogP contribution < -0.4 is 44.1 Å². The van der Waals surface area contributed by atoms with Crippen molar-refractivity contribution in [3.8, 4) is 17.2 Å². The maximum Gasteiger partial charge on any atom is 1.00 e. The molecule has 3 rings (SSSR count). The van der Waals surface area contributed by atoms with E-state index in [4.69, 9.17) is 9.47 Å². The standard InChI is InChI=1S/C19H21NO5.Na/c1-19(2)8-14(22)18(15(23)9-19)12-6-13(21)10-5-16(24-3)17(25-4)7-11(10)20-12;/h5-7,22H,8-9H2,1-4H3,(H,20,21);/q;+1/p-1. The third-order valence-electron chi connectivity index (χ3n) is 4.38. The number of aliphatic hydroxyl groups excluding tert-OH is 1. The molecule has 26 heavy (non-hydrogen) atoms. The Morgan fingerprint density at radius 3 is 2.31 bits per heavy atom. The fourth-order valence-corrected chi connectivity index (χ4v) is 3.23. The van der Waals surface area contributed by atoms with E-state index in [1.807, 2.05) is 13.8 Å². The Morgan fingerprint density at radius 1 is 1.12 bits per heavy atom. The van der Waals surface area contributed by atoms with E-state index >= 15 is 0 Å². The van der Waals surface area contributed by atoms with Gasteiger partial charge in [0.2, 0.25) is 0 Å². The molecule has 1 aromatic carbocycles. The van der Waals surface area contributed by atoms with Gasteiger partial charge in [-0.2, -0.15) is 0 Å². The Kier molecular flexibility index (Phi) is 5.90. The summed E-state index contributed by atoms with van der Waals surface area (Å²) in [6.45, 7) is 3.84. The first-order valence-electron chi connectivity index (χ1n) is 7.95. The zero-order chi connectivity index (χ0) is 18.4. The number of ether oxygens (including phenoxy) is 2. The minimum atomic E-state index is -0.307. The van der Waals surface area contributed by atoms with E-state index in [-0.39, 0.29) is 63.5 Å². The van der Waals surface area contributed by atoms with Crippen LogP contribution in [0.2, 0.25) is 0 Å². The summed E-state index contributed by atoms with van der Waals surface area (Å²) in [4.78, 5) is 16.9. The zero-order valence-corrected chi connectivity index (χ0v) is 17.7. The molecule has 1 heterocycles. The number of hydrogen-bond donors (Lipinski definition) is 1. The van der Waals surface area contributed by atoms with E-state index in [1.165, 1.54) is 20.3 Å². The summed E-state index contributed by atoms with van der Waals surface area (Å²) in [5, 5.41) is 23.2. The Hall–Kier alpha value is -1.76. The van der Waals surface area contributed by atoms with Crippen molar-refractivity contribution in [1.82, 2.24) is 4.98 Å². The summed E-state index contributed by atoms with van der Waals surface area (Å²) in [5.41, 5.74) is 0.409. The molecule has 0 amide bonds. The number of nitrogens with zero attached hydrogens (tertiary/aromatic N) is 1. The quantitative estimate of drug-likeness (QED) is 0.769. The molecule has 0 unspecified atom stereocenters. The van der Waals surface area contributed by atoms with Gasteiger partial charge in [0, 0.05) is 18.9 Å². The van der Waals surface area contributed by atoms with Crippen LogP contribution in [0.3, 0.4) is 0 Å². The molecule has 0 aliphatic heterocycles. The second kappa shape index (κ2) is 7.47. The maximum absolute atomic E-state index is 12.5. The number of fused-ring (bicyclic) bond motifs is 1. The Balaban J connectivity index is 0.00000243. The van der Waals surface area contributed by atoms with Crippen LogP contribution in [0.1, 0.15) is 32.4 Å². The number of aromatic nitrogens is 1. The van der Waals surface area contributed by atoms with Crippen molar-refractivity contribution < 1.29 is 54.0 Å². The van der Waals surface area contributed by atoms with Crippen LogP contribution >= 0.6 is 0 Å². The first-order chi connectivity index (χ1) is 11.8. The van der Waals surface area contributed by atoms with Crippen molar-refractivity contribution in [2.45, 2.75) is 26.7 Å². The number of benzene rings is 1. The van der Waals surface area contributed by atoms with Crippen molar-refractivity contribution in [1.29, 1.82) is 0 Å². The Bertz CT molecular complexity index is 904. The van der Waals surface area contributed by atoms with Crippen LogP contribution in [0, 0.1) is 5.41 Å². The van der Waals surface area contributed by atoms with Gasteiger partial charge in [0.15, 0.2) is 17.3 Å². The molecule has 1 aliphatic rings. The molecule has 1 N–H and O–H groups in total. The van der Waals surface area contributed by atoms with Crippen molar-refractivity contribution in [2.24, 2.45) is 5.41 Å². The predicted molar refractivity (Wildman–Crippen MR) is 91.9 cm³/mol. The molecule has 0 saturated carbocycles. The molecule has 0 spiro atoms. The molecule has 0 radical (unpaired) electrons. The number of ketones is 1. The second-order valence-electron chi connectivity index (χ2n) is 6.99. The van der Waals surface area contributed by atoms with Crippen LogP contribution in [0.15, 0.2) is 24.0 Å². The van der Waals surface area contributed by atoms with Crippen molar-refractivity contribution in [3.63, 3.8) is 0 Å². The number of rotatable bonds is 3. The fourth-order valence-electron chi connectivity index (χ4n) is 3.23. The monoisotopic (exact) mass is 365 g/mol. The van der Waals surface area contributed by atoms with Crippen molar-refractivity contribution in [2.75, 3.05) is 14.2 Å². The van der Waals surface area contributed by atoms with Gasteiger partial charge < -0.3 is 19.7 Å². The van der Waals surface area contributed by atoms with Gasteiger partial charge in [0.1, 0.15) is 5.76 Å². The van der Waals surface area contributed by atoms with E-state index in [9.17, 15) is 15.0 Å². The molecule has 7 heteroatoms. The minimum Gasteiger partial charge on any atom is -0.872 e. The predicted octanol–water partition coefficient (Wildman–Crippen LogP) is -0.0122. The number of allylic oxidation sites excluding steroid dienone is 2. The number of pyridine rings is 1. The number of methoxy groups -OCH3 is 2. The summed E-state index contributed by atoms with van der Waals surface area (Å²) >= 11 is 0. The van der Waals surface area contributed by atoms with Gasteiger partial charge in [-0.1, -0.05) is 19.6 Å². The summed E-state index contributed by atoms with van der Waals surface area (Å²) in [6, 6.07) is 4.44. The van der Waals surface area contributed by atoms with Crippen LogP contribution in [-0.2, 0) is 4.79 Å². The molecule has 132 valence electrons. The van der Waals surface area contributed by atoms with Gasteiger partial charge in [0.25, 0.3) is 0 Å². The number of carbonyl (C=O) groups is 1. The van der Waals surface area contributed by atoms with Crippen molar-refractivity contribution >= 4 is 22.3 Å². The van der Waals surface area contributed by atoms with Gasteiger partial charge in [-0.3, -0.25) is 4.79 Å². The number of hydrogen-bond acceptors (Lipinski definition) is 6. The average Bonchev–Trinajstić information content (AvgIpc) is 2.51.